The van der Waals surface area contributed by atoms with Crippen molar-refractivity contribution in [2.24, 2.45) is 0 Å². The average molecular weight is 390 g/mol. The highest BCUT2D eigenvalue weighted by molar-refractivity contribution is 5.96. The Morgan fingerprint density at radius 1 is 0.750 bits per heavy atom. The normalized spacial score (nSPS) is 10.1. The van der Waals surface area contributed by atoms with Gasteiger partial charge in [-0.25, -0.2) is 9.59 Å². The molecule has 2 aromatic carbocycles. The third-order valence-electron chi connectivity index (χ3n) is 3.58. The summed E-state index contributed by atoms with van der Waals surface area (Å²) in [5.41, 5.74) is -0.289. The molecule has 0 aliphatic heterocycles. The first-order valence-electron chi connectivity index (χ1n) is 7.95. The number of carbonyl (C=O) groups excluding carboxylic acids is 3. The van der Waals surface area contributed by atoms with Gasteiger partial charge in [-0.15, -0.1) is 0 Å². The van der Waals surface area contributed by atoms with Crippen LogP contribution in [-0.2, 0) is 14.3 Å². The number of hydrogen-bond acceptors (Lipinski definition) is 9. The van der Waals surface area contributed by atoms with Gasteiger partial charge < -0.3 is 29.2 Å². The van der Waals surface area contributed by atoms with Crippen LogP contribution in [0.2, 0.25) is 0 Å². The zero-order valence-electron chi connectivity index (χ0n) is 15.1. The maximum Gasteiger partial charge on any atom is 0.342 e. The summed E-state index contributed by atoms with van der Waals surface area (Å²) in [5, 5.41) is 19.5. The molecule has 0 aliphatic carbocycles. The van der Waals surface area contributed by atoms with Crippen molar-refractivity contribution in [1.29, 1.82) is 0 Å². The standard InChI is InChI=1S/C19H18O9/c1-25-12-3-5-14(16(21)7-12)18(23)27-9-11(20)10-28-19(24)15-6-4-13(26-2)8-17(15)22/h3-8,21-22H,9-10H2,1-2H3. The number of hydrogen-bond donors (Lipinski definition) is 2. The van der Waals surface area contributed by atoms with Crippen LogP contribution in [0.5, 0.6) is 23.0 Å². The number of benzene rings is 2. The molecule has 9 nitrogen and oxygen atoms in total. The smallest absolute Gasteiger partial charge is 0.342 e. The Bertz CT molecular complexity index is 817. The highest BCUT2D eigenvalue weighted by atomic mass is 16.6. The molecular formula is C19H18O9. The Hall–Kier alpha value is -3.75. The van der Waals surface area contributed by atoms with Crippen LogP contribution in [0.25, 0.3) is 0 Å². The van der Waals surface area contributed by atoms with Crippen LogP contribution in [0.3, 0.4) is 0 Å². The number of aromatic hydroxyl groups is 2. The van der Waals surface area contributed by atoms with Crippen LogP contribution in [0.1, 0.15) is 20.7 Å². The van der Waals surface area contributed by atoms with Gasteiger partial charge in [-0.05, 0) is 24.3 Å². The lowest BCUT2D eigenvalue weighted by atomic mass is 10.2. The fraction of sp³-hybridized carbons (Fsp3) is 0.211. The minimum absolute atomic E-state index is 0.145. The van der Waals surface area contributed by atoms with E-state index in [1.165, 1.54) is 50.6 Å². The molecule has 0 amide bonds. The van der Waals surface area contributed by atoms with Gasteiger partial charge in [0.2, 0.25) is 5.78 Å². The van der Waals surface area contributed by atoms with Crippen LogP contribution in [0.4, 0.5) is 0 Å². The van der Waals surface area contributed by atoms with Crippen molar-refractivity contribution >= 4 is 17.7 Å². The summed E-state index contributed by atoms with van der Waals surface area (Å²) >= 11 is 0. The molecule has 0 bridgehead atoms. The second kappa shape index (κ2) is 9.26. The molecule has 9 heteroatoms. The monoisotopic (exact) mass is 390 g/mol. The van der Waals surface area contributed by atoms with Crippen molar-refractivity contribution < 1.29 is 43.5 Å². The number of phenols is 2. The number of ether oxygens (including phenoxy) is 4. The minimum atomic E-state index is -0.923. The average Bonchev–Trinajstić information content (AvgIpc) is 2.69. The molecular weight excluding hydrogens is 372 g/mol. The molecule has 148 valence electrons. The predicted molar refractivity (Wildman–Crippen MR) is 94.9 cm³/mol. The topological polar surface area (TPSA) is 129 Å². The van der Waals surface area contributed by atoms with E-state index in [9.17, 15) is 24.6 Å². The summed E-state index contributed by atoms with van der Waals surface area (Å²) < 4.78 is 19.4. The van der Waals surface area contributed by atoms with Crippen molar-refractivity contribution in [3.05, 3.63) is 47.5 Å². The molecule has 28 heavy (non-hydrogen) atoms. The largest absolute Gasteiger partial charge is 0.507 e. The van der Waals surface area contributed by atoms with E-state index in [2.05, 4.69) is 0 Å². The van der Waals surface area contributed by atoms with E-state index in [-0.39, 0.29) is 22.6 Å². The molecule has 0 atom stereocenters. The molecule has 0 spiro atoms. The number of carbonyl (C=O) groups is 3. The summed E-state index contributed by atoms with van der Waals surface area (Å²) in [6.07, 6.45) is 0. The van der Waals surface area contributed by atoms with Gasteiger partial charge in [0.05, 0.1) is 14.2 Å². The van der Waals surface area contributed by atoms with Gasteiger partial charge in [-0.2, -0.15) is 0 Å². The van der Waals surface area contributed by atoms with E-state index in [4.69, 9.17) is 18.9 Å². The number of methoxy groups -OCH3 is 2. The second-order valence-electron chi connectivity index (χ2n) is 5.46. The van der Waals surface area contributed by atoms with Gasteiger partial charge >= 0.3 is 11.9 Å². The fourth-order valence-corrected chi connectivity index (χ4v) is 2.11. The highest BCUT2D eigenvalue weighted by Crippen LogP contribution is 2.25. The number of rotatable bonds is 8. The number of ketones is 1. The Balaban J connectivity index is 1.85. The zero-order valence-corrected chi connectivity index (χ0v) is 15.1. The lowest BCUT2D eigenvalue weighted by Crippen LogP contribution is -2.20. The maximum absolute atomic E-state index is 11.9. The van der Waals surface area contributed by atoms with Gasteiger partial charge in [-0.3, -0.25) is 4.79 Å². The van der Waals surface area contributed by atoms with Crippen molar-refractivity contribution in [3.8, 4) is 23.0 Å². The quantitative estimate of drug-likeness (QED) is 0.647. The number of Topliss-reactive ketones (excluding diaryl/α,β-unsaturated/α-hetero) is 1. The highest BCUT2D eigenvalue weighted by Gasteiger charge is 2.18. The van der Waals surface area contributed by atoms with Gasteiger partial charge in [0.25, 0.3) is 0 Å². The molecule has 2 aromatic rings. The second-order valence-corrected chi connectivity index (χ2v) is 5.46. The van der Waals surface area contributed by atoms with Crippen LogP contribution >= 0.6 is 0 Å². The van der Waals surface area contributed by atoms with Crippen LogP contribution < -0.4 is 9.47 Å². The molecule has 0 saturated carbocycles. The van der Waals surface area contributed by atoms with Gasteiger partial charge in [0.15, 0.2) is 13.2 Å². The van der Waals surface area contributed by atoms with E-state index in [0.717, 1.165) is 0 Å². The van der Waals surface area contributed by atoms with E-state index in [0.29, 0.717) is 11.5 Å². The van der Waals surface area contributed by atoms with E-state index >= 15 is 0 Å². The lowest BCUT2D eigenvalue weighted by molar-refractivity contribution is -0.125. The van der Waals surface area contributed by atoms with Crippen molar-refractivity contribution in [2.75, 3.05) is 27.4 Å². The van der Waals surface area contributed by atoms with Crippen LogP contribution in [0, 0.1) is 0 Å². The molecule has 0 unspecified atom stereocenters. The molecule has 0 radical (unpaired) electrons. The summed E-state index contributed by atoms with van der Waals surface area (Å²) in [6.45, 7) is -1.32. The van der Waals surface area contributed by atoms with E-state index < -0.39 is 30.9 Å². The van der Waals surface area contributed by atoms with Crippen molar-refractivity contribution in [2.45, 2.75) is 0 Å². The first kappa shape index (κ1) is 20.6. The summed E-state index contributed by atoms with van der Waals surface area (Å²) in [7, 11) is 2.80. The minimum Gasteiger partial charge on any atom is -0.507 e. The Labute approximate surface area is 160 Å². The van der Waals surface area contributed by atoms with Crippen molar-refractivity contribution in [3.63, 3.8) is 0 Å². The molecule has 2 rings (SSSR count). The molecule has 0 aliphatic rings. The van der Waals surface area contributed by atoms with Gasteiger partial charge in [0.1, 0.15) is 34.1 Å². The lowest BCUT2D eigenvalue weighted by Gasteiger charge is -2.09. The van der Waals surface area contributed by atoms with Crippen molar-refractivity contribution in [1.82, 2.24) is 0 Å². The molecule has 0 fully saturated rings. The SMILES string of the molecule is COc1ccc(C(=O)OCC(=O)COC(=O)c2ccc(OC)cc2O)c(O)c1. The van der Waals surface area contributed by atoms with Crippen LogP contribution in [0.15, 0.2) is 36.4 Å². The van der Waals surface area contributed by atoms with Gasteiger partial charge in [0, 0.05) is 12.1 Å². The molecule has 0 heterocycles. The van der Waals surface area contributed by atoms with Crippen LogP contribution in [-0.4, -0.2) is 55.4 Å². The van der Waals surface area contributed by atoms with E-state index in [1.54, 1.807) is 0 Å². The summed E-state index contributed by atoms with van der Waals surface area (Å²) in [5.74, 6) is -2.57. The Morgan fingerprint density at radius 3 is 1.46 bits per heavy atom. The Kier molecular flexibility index (Phi) is 6.80. The van der Waals surface area contributed by atoms with E-state index in [1.807, 2.05) is 0 Å². The summed E-state index contributed by atoms with van der Waals surface area (Å²) in [4.78, 5) is 35.6. The number of phenolic OH excluding ortho intramolecular Hbond substituents is 2. The summed E-state index contributed by atoms with van der Waals surface area (Å²) in [6, 6.07) is 7.91. The molecule has 2 N–H and O–H groups in total. The first-order valence-corrected chi connectivity index (χ1v) is 7.95. The first-order chi connectivity index (χ1) is 13.3. The predicted octanol–water partition coefficient (Wildman–Crippen LogP) is 1.70. The molecule has 0 aromatic heterocycles. The third-order valence-corrected chi connectivity index (χ3v) is 3.58. The van der Waals surface area contributed by atoms with Gasteiger partial charge in [-0.1, -0.05) is 0 Å². The number of esters is 2. The third kappa shape index (κ3) is 5.13. The maximum atomic E-state index is 11.9. The zero-order chi connectivity index (χ0) is 20.7. The fourth-order valence-electron chi connectivity index (χ4n) is 2.11. The molecule has 0 saturated heterocycles. The Morgan fingerprint density at radius 2 is 1.14 bits per heavy atom.